The maximum atomic E-state index is 8.68. The molecule has 0 aromatic rings. The van der Waals surface area contributed by atoms with Gasteiger partial charge in [0.05, 0.1) is 0 Å². The number of hydrogen-bond acceptors (Lipinski definition) is 1. The Bertz CT molecular complexity index is 96.6. The summed E-state index contributed by atoms with van der Waals surface area (Å²) in [6.45, 7) is 4.15. The van der Waals surface area contributed by atoms with Crippen LogP contribution in [-0.2, 0) is 0 Å². The van der Waals surface area contributed by atoms with Crippen LogP contribution < -0.4 is 0 Å². The molecule has 0 spiro atoms. The molecule has 0 aromatic carbocycles. The molecule has 0 saturated heterocycles. The molecule has 0 aliphatic heterocycles. The van der Waals surface area contributed by atoms with E-state index in [1.54, 1.807) is 0 Å². The SMILES string of the molecule is C=C1CCC[C@H]1CO. The lowest BCUT2D eigenvalue weighted by molar-refractivity contribution is 0.249. The van der Waals surface area contributed by atoms with Gasteiger partial charge in [0, 0.05) is 12.5 Å². The molecular formula is C7H12O. The molecule has 0 radical (unpaired) electrons. The summed E-state index contributed by atoms with van der Waals surface area (Å²) >= 11 is 0. The van der Waals surface area contributed by atoms with Gasteiger partial charge in [-0.05, 0) is 19.3 Å². The van der Waals surface area contributed by atoms with Crippen molar-refractivity contribution in [2.75, 3.05) is 6.61 Å². The molecule has 0 amide bonds. The van der Waals surface area contributed by atoms with Gasteiger partial charge >= 0.3 is 0 Å². The van der Waals surface area contributed by atoms with E-state index in [1.807, 2.05) is 0 Å². The summed E-state index contributed by atoms with van der Waals surface area (Å²) in [6, 6.07) is 0. The van der Waals surface area contributed by atoms with Gasteiger partial charge in [0.1, 0.15) is 0 Å². The topological polar surface area (TPSA) is 20.2 Å². The van der Waals surface area contributed by atoms with E-state index >= 15 is 0 Å². The van der Waals surface area contributed by atoms with Crippen molar-refractivity contribution in [2.45, 2.75) is 19.3 Å². The lowest BCUT2D eigenvalue weighted by Crippen LogP contribution is -2.00. The smallest absolute Gasteiger partial charge is 0.0496 e. The summed E-state index contributed by atoms with van der Waals surface area (Å²) in [6.07, 6.45) is 3.50. The second kappa shape index (κ2) is 2.31. The third-order valence-corrected chi connectivity index (χ3v) is 1.85. The maximum Gasteiger partial charge on any atom is 0.0496 e. The van der Waals surface area contributed by atoms with Crippen molar-refractivity contribution in [2.24, 2.45) is 5.92 Å². The van der Waals surface area contributed by atoms with E-state index in [2.05, 4.69) is 6.58 Å². The molecule has 0 aromatic heterocycles. The second-order valence-corrected chi connectivity index (χ2v) is 2.43. The highest BCUT2D eigenvalue weighted by molar-refractivity contribution is 5.05. The Labute approximate surface area is 50.0 Å². The third-order valence-electron chi connectivity index (χ3n) is 1.85. The maximum absolute atomic E-state index is 8.68. The van der Waals surface area contributed by atoms with Crippen LogP contribution in [-0.4, -0.2) is 11.7 Å². The van der Waals surface area contributed by atoms with Gasteiger partial charge in [-0.2, -0.15) is 0 Å². The monoisotopic (exact) mass is 112 g/mol. The summed E-state index contributed by atoms with van der Waals surface area (Å²) in [7, 11) is 0. The molecule has 1 fully saturated rings. The average Bonchev–Trinajstić information content (AvgIpc) is 2.14. The Morgan fingerprint density at radius 3 is 2.75 bits per heavy atom. The molecule has 46 valence electrons. The molecule has 0 bridgehead atoms. The van der Waals surface area contributed by atoms with Gasteiger partial charge in [0.25, 0.3) is 0 Å². The minimum atomic E-state index is 0.304. The summed E-state index contributed by atoms with van der Waals surface area (Å²) < 4.78 is 0. The van der Waals surface area contributed by atoms with Crippen molar-refractivity contribution < 1.29 is 5.11 Å². The number of aliphatic hydroxyl groups excluding tert-OH is 1. The highest BCUT2D eigenvalue weighted by atomic mass is 16.3. The van der Waals surface area contributed by atoms with Crippen LogP contribution in [0.5, 0.6) is 0 Å². The third kappa shape index (κ3) is 0.920. The molecule has 1 nitrogen and oxygen atoms in total. The summed E-state index contributed by atoms with van der Waals surface area (Å²) in [4.78, 5) is 0. The van der Waals surface area contributed by atoms with Crippen molar-refractivity contribution in [3.05, 3.63) is 12.2 Å². The molecular weight excluding hydrogens is 100 g/mol. The van der Waals surface area contributed by atoms with Crippen molar-refractivity contribution in [1.82, 2.24) is 0 Å². The zero-order valence-corrected chi connectivity index (χ0v) is 5.06. The molecule has 1 rings (SSSR count). The molecule has 1 N–H and O–H groups in total. The Kier molecular flexibility index (Phi) is 1.69. The summed E-state index contributed by atoms with van der Waals surface area (Å²) in [5.74, 6) is 0.426. The molecule has 1 atom stereocenters. The average molecular weight is 112 g/mol. The zero-order valence-electron chi connectivity index (χ0n) is 5.06. The molecule has 0 heterocycles. The van der Waals surface area contributed by atoms with Crippen LogP contribution in [0.1, 0.15) is 19.3 Å². The number of hydrogen-bond donors (Lipinski definition) is 1. The van der Waals surface area contributed by atoms with Crippen LogP contribution in [0.2, 0.25) is 0 Å². The van der Waals surface area contributed by atoms with Gasteiger partial charge in [-0.3, -0.25) is 0 Å². The zero-order chi connectivity index (χ0) is 5.98. The van der Waals surface area contributed by atoms with E-state index < -0.39 is 0 Å². The standard InChI is InChI=1S/C7H12O/c1-6-3-2-4-7(6)5-8/h7-8H,1-5H2/t7-/m0/s1. The van der Waals surface area contributed by atoms with Crippen molar-refractivity contribution in [3.63, 3.8) is 0 Å². The highest BCUT2D eigenvalue weighted by Gasteiger charge is 2.16. The van der Waals surface area contributed by atoms with Crippen molar-refractivity contribution in [3.8, 4) is 0 Å². The van der Waals surface area contributed by atoms with E-state index in [4.69, 9.17) is 5.11 Å². The largest absolute Gasteiger partial charge is 0.396 e. The first-order valence-electron chi connectivity index (χ1n) is 3.13. The number of aliphatic hydroxyl groups is 1. The Morgan fingerprint density at radius 1 is 1.75 bits per heavy atom. The summed E-state index contributed by atoms with van der Waals surface area (Å²) in [5.41, 5.74) is 1.24. The van der Waals surface area contributed by atoms with Gasteiger partial charge in [-0.15, -0.1) is 0 Å². The predicted octanol–water partition coefficient (Wildman–Crippen LogP) is 1.33. The highest BCUT2D eigenvalue weighted by Crippen LogP contribution is 2.28. The quantitative estimate of drug-likeness (QED) is 0.507. The lowest BCUT2D eigenvalue weighted by Gasteiger charge is -2.03. The van der Waals surface area contributed by atoms with Gasteiger partial charge in [0.15, 0.2) is 0 Å². The van der Waals surface area contributed by atoms with Crippen LogP contribution in [0.15, 0.2) is 12.2 Å². The van der Waals surface area contributed by atoms with Gasteiger partial charge in [0.2, 0.25) is 0 Å². The fourth-order valence-corrected chi connectivity index (χ4v) is 1.20. The van der Waals surface area contributed by atoms with Crippen molar-refractivity contribution in [1.29, 1.82) is 0 Å². The first-order chi connectivity index (χ1) is 3.84. The first-order valence-corrected chi connectivity index (χ1v) is 3.13. The van der Waals surface area contributed by atoms with Crippen LogP contribution in [0.4, 0.5) is 0 Å². The normalized spacial score (nSPS) is 29.1. The van der Waals surface area contributed by atoms with Crippen LogP contribution in [0.25, 0.3) is 0 Å². The Morgan fingerprint density at radius 2 is 2.50 bits per heavy atom. The second-order valence-electron chi connectivity index (χ2n) is 2.43. The summed E-state index contributed by atoms with van der Waals surface area (Å²) in [5, 5.41) is 8.68. The minimum absolute atomic E-state index is 0.304. The Hall–Kier alpha value is -0.300. The molecule has 0 unspecified atom stereocenters. The molecule has 1 heteroatoms. The lowest BCUT2D eigenvalue weighted by atomic mass is 10.1. The first kappa shape index (κ1) is 5.83. The van der Waals surface area contributed by atoms with Gasteiger partial charge in [-0.1, -0.05) is 12.2 Å². The minimum Gasteiger partial charge on any atom is -0.396 e. The Balaban J connectivity index is 2.42. The van der Waals surface area contributed by atoms with E-state index in [0.717, 1.165) is 12.8 Å². The van der Waals surface area contributed by atoms with E-state index in [1.165, 1.54) is 12.0 Å². The molecule has 8 heavy (non-hydrogen) atoms. The fourth-order valence-electron chi connectivity index (χ4n) is 1.20. The molecule has 1 saturated carbocycles. The van der Waals surface area contributed by atoms with Gasteiger partial charge in [-0.25, -0.2) is 0 Å². The van der Waals surface area contributed by atoms with E-state index in [9.17, 15) is 0 Å². The predicted molar refractivity (Wildman–Crippen MR) is 33.6 cm³/mol. The molecule has 1 aliphatic carbocycles. The fraction of sp³-hybridized carbons (Fsp3) is 0.714. The molecule has 1 aliphatic rings. The van der Waals surface area contributed by atoms with Gasteiger partial charge < -0.3 is 5.11 Å². The van der Waals surface area contributed by atoms with E-state index in [0.29, 0.717) is 12.5 Å². The van der Waals surface area contributed by atoms with E-state index in [-0.39, 0.29) is 0 Å². The van der Waals surface area contributed by atoms with Crippen LogP contribution in [0, 0.1) is 5.92 Å². The van der Waals surface area contributed by atoms with Crippen LogP contribution in [0.3, 0.4) is 0 Å². The van der Waals surface area contributed by atoms with Crippen molar-refractivity contribution >= 4 is 0 Å². The van der Waals surface area contributed by atoms with Crippen LogP contribution >= 0.6 is 0 Å². The number of rotatable bonds is 1.